The molecule has 12 nitrogen and oxygen atoms in total. The third-order valence-corrected chi connectivity index (χ3v) is 12.9. The number of hydrogen-bond donors (Lipinski definition) is 2. The van der Waals surface area contributed by atoms with Gasteiger partial charge in [0.1, 0.15) is 5.78 Å². The molecule has 3 aliphatic heterocycles. The molecule has 0 spiro atoms. The van der Waals surface area contributed by atoms with E-state index in [1.807, 2.05) is 65.2 Å². The first-order valence-electron chi connectivity index (χ1n) is 19.1. The van der Waals surface area contributed by atoms with Gasteiger partial charge in [0.25, 0.3) is 0 Å². The first-order valence-corrected chi connectivity index (χ1v) is 22.8. The van der Waals surface area contributed by atoms with Gasteiger partial charge in [0.2, 0.25) is 11.8 Å². The van der Waals surface area contributed by atoms with Crippen molar-refractivity contribution in [2.45, 2.75) is 59.9 Å². The molecule has 2 saturated heterocycles. The van der Waals surface area contributed by atoms with Gasteiger partial charge in [-0.05, 0) is 42.4 Å². The summed E-state index contributed by atoms with van der Waals surface area (Å²) in [4.78, 5) is 72.0. The minimum Gasteiger partial charge on any atom is -0.380 e. The van der Waals surface area contributed by atoms with Crippen LogP contribution in [0.1, 0.15) is 70.1 Å². The van der Waals surface area contributed by atoms with E-state index in [2.05, 4.69) is 22.5 Å². The number of carbonyl (C=O) groups excluding carboxylic acids is 5. The fourth-order valence-corrected chi connectivity index (χ4v) is 9.23. The smallest absolute Gasteiger partial charge is 0.317 e. The summed E-state index contributed by atoms with van der Waals surface area (Å²) < 4.78 is 5.70. The van der Waals surface area contributed by atoms with Gasteiger partial charge in [-0.2, -0.15) is 11.8 Å². The molecule has 0 aromatic heterocycles. The van der Waals surface area contributed by atoms with Crippen LogP contribution in [-0.4, -0.2) is 133 Å². The zero-order valence-corrected chi connectivity index (χ0v) is 33.9. The van der Waals surface area contributed by atoms with Gasteiger partial charge in [0, 0.05) is 100 Å². The number of para-hydroxylation sites is 1. The van der Waals surface area contributed by atoms with Crippen molar-refractivity contribution >= 4 is 68.7 Å². The summed E-state index contributed by atoms with van der Waals surface area (Å²) in [5, 5.41) is 5.90. The molecule has 0 aliphatic carbocycles. The fourth-order valence-electron chi connectivity index (χ4n) is 6.37. The zero-order valence-electron chi connectivity index (χ0n) is 31.4. The Morgan fingerprint density at radius 3 is 2.05 bits per heavy atom. The number of carbonyl (C=O) groups is 5. The molecule has 2 aromatic rings. The number of nitrogens with zero attached hydrogens (tertiary/aromatic N) is 4. The summed E-state index contributed by atoms with van der Waals surface area (Å²) in [5.41, 5.74) is 3.45. The molecule has 6 amide bonds. The van der Waals surface area contributed by atoms with Crippen LogP contribution in [0.15, 0.2) is 48.5 Å². The van der Waals surface area contributed by atoms with Gasteiger partial charge in [-0.1, -0.05) is 78.6 Å². The summed E-state index contributed by atoms with van der Waals surface area (Å²) in [5.74, 6) is 9.95. The second-order valence-corrected chi connectivity index (χ2v) is 17.3. The van der Waals surface area contributed by atoms with E-state index >= 15 is 0 Å². The lowest BCUT2D eigenvalue weighted by atomic mass is 10.0. The van der Waals surface area contributed by atoms with Gasteiger partial charge >= 0.3 is 12.1 Å². The lowest BCUT2D eigenvalue weighted by Crippen LogP contribution is -2.48. The molecule has 2 aromatic carbocycles. The molecular formula is C42H60N6O6S3. The molecule has 0 radical (unpaired) electrons. The Hall–Kier alpha value is -3.84. The number of rotatable bonds is 16. The number of nitrogens with one attached hydrogen (secondary N) is 2. The summed E-state index contributed by atoms with van der Waals surface area (Å²) in [6.07, 6.45) is 2.19. The third kappa shape index (κ3) is 15.8. The standard InChI is InChI=1S/C40H52N6O6S3.2CH4/c47-35(10-5-12-38(49)46-31-34-9-2-1-7-32(34)13-14-33-8-3-4-11-36(33)46)15-25-52-26-16-37(48)43(20-17-41-39(50)44-19-6-27-53-28-22-44)21-18-42-40(51)45-23-29-54-55-30-24-45;;/h1-4,7-9,11H,5-6,10,12,15-31H2,(H,41,50)(H,42,51);2*1H4. The maximum atomic E-state index is 13.5. The van der Waals surface area contributed by atoms with Crippen molar-refractivity contribution in [2.75, 3.05) is 93.5 Å². The van der Waals surface area contributed by atoms with Crippen molar-refractivity contribution in [2.24, 2.45) is 0 Å². The number of ether oxygens (including phenoxy) is 1. The first-order chi connectivity index (χ1) is 26.9. The van der Waals surface area contributed by atoms with E-state index in [1.54, 1.807) is 36.3 Å². The van der Waals surface area contributed by atoms with E-state index in [9.17, 15) is 24.0 Å². The summed E-state index contributed by atoms with van der Waals surface area (Å²) >= 11 is 1.85. The van der Waals surface area contributed by atoms with Crippen LogP contribution in [0.3, 0.4) is 0 Å². The number of anilines is 1. The Bertz CT molecular complexity index is 1630. The van der Waals surface area contributed by atoms with E-state index in [0.29, 0.717) is 58.8 Å². The Kier molecular flexibility index (Phi) is 21.9. The molecule has 2 N–H and O–H groups in total. The van der Waals surface area contributed by atoms with Crippen LogP contribution in [0.4, 0.5) is 15.3 Å². The SMILES string of the molecule is C.C.O=C(CCCC(=O)N1Cc2ccccc2C#Cc2ccccc21)CCOCCC(=O)N(CCNC(=O)N1CCCSCC1)CCNC(=O)N1CCSSCC1. The first kappa shape index (κ1) is 47.5. The molecule has 0 bridgehead atoms. The van der Waals surface area contributed by atoms with Crippen molar-refractivity contribution in [3.8, 4) is 11.8 Å². The van der Waals surface area contributed by atoms with Crippen LogP contribution < -0.4 is 15.5 Å². The van der Waals surface area contributed by atoms with Crippen molar-refractivity contribution < 1.29 is 28.7 Å². The average Bonchev–Trinajstić information content (AvgIpc) is 3.64. The average molecular weight is 841 g/mol. The van der Waals surface area contributed by atoms with Crippen molar-refractivity contribution in [1.82, 2.24) is 25.3 Å². The van der Waals surface area contributed by atoms with E-state index in [4.69, 9.17) is 4.74 Å². The van der Waals surface area contributed by atoms with E-state index in [0.717, 1.165) is 58.4 Å². The Labute approximate surface area is 351 Å². The fraction of sp³-hybridized carbons (Fsp3) is 0.548. The number of benzene rings is 2. The minimum absolute atomic E-state index is 0. The minimum atomic E-state index is -0.151. The molecule has 0 atom stereocenters. The van der Waals surface area contributed by atoms with Gasteiger partial charge in [0.05, 0.1) is 31.9 Å². The molecule has 2 fully saturated rings. The molecular weight excluding hydrogens is 781 g/mol. The monoisotopic (exact) mass is 840 g/mol. The Morgan fingerprint density at radius 2 is 1.32 bits per heavy atom. The molecule has 312 valence electrons. The third-order valence-electron chi connectivity index (χ3n) is 9.44. The number of Topliss-reactive ketones (excluding diaryl/α,β-unsaturated/α-hetero) is 1. The molecule has 57 heavy (non-hydrogen) atoms. The highest BCUT2D eigenvalue weighted by molar-refractivity contribution is 8.76. The molecule has 0 saturated carbocycles. The van der Waals surface area contributed by atoms with Crippen LogP contribution >= 0.6 is 33.3 Å². The predicted octanol–water partition coefficient (Wildman–Crippen LogP) is 6.13. The number of urea groups is 2. The number of hydrogen-bond acceptors (Lipinski definition) is 9. The zero-order chi connectivity index (χ0) is 38.7. The maximum absolute atomic E-state index is 13.5. The highest BCUT2D eigenvalue weighted by atomic mass is 33.1. The summed E-state index contributed by atoms with van der Waals surface area (Å²) in [6.45, 7) is 4.74. The van der Waals surface area contributed by atoms with E-state index in [1.165, 1.54) is 0 Å². The predicted molar refractivity (Wildman–Crippen MR) is 236 cm³/mol. The lowest BCUT2D eigenvalue weighted by Gasteiger charge is -2.26. The highest BCUT2D eigenvalue weighted by Crippen LogP contribution is 2.27. The van der Waals surface area contributed by atoms with Crippen molar-refractivity contribution in [1.29, 1.82) is 0 Å². The molecule has 3 heterocycles. The number of ketones is 1. The molecule has 0 unspecified atom stereocenters. The molecule has 15 heteroatoms. The van der Waals surface area contributed by atoms with E-state index < -0.39 is 0 Å². The second kappa shape index (κ2) is 26.2. The maximum Gasteiger partial charge on any atom is 0.317 e. The number of amides is 6. The number of fused-ring (bicyclic) bond motifs is 2. The highest BCUT2D eigenvalue weighted by Gasteiger charge is 2.22. The topological polar surface area (TPSA) is 132 Å². The van der Waals surface area contributed by atoms with E-state index in [-0.39, 0.29) is 83.4 Å². The Balaban J connectivity index is 0.00000435. The van der Waals surface area contributed by atoms with Gasteiger partial charge in [-0.25, -0.2) is 9.59 Å². The summed E-state index contributed by atoms with van der Waals surface area (Å²) in [6, 6.07) is 15.2. The second-order valence-electron chi connectivity index (χ2n) is 13.3. The van der Waals surface area contributed by atoms with Gasteiger partial charge in [-0.15, -0.1) is 0 Å². The molecule has 3 aliphatic rings. The Morgan fingerprint density at radius 1 is 0.702 bits per heavy atom. The lowest BCUT2D eigenvalue weighted by molar-refractivity contribution is -0.132. The van der Waals surface area contributed by atoms with Crippen LogP contribution in [0.25, 0.3) is 0 Å². The number of thioether (sulfide) groups is 1. The van der Waals surface area contributed by atoms with Crippen molar-refractivity contribution in [3.05, 3.63) is 65.2 Å². The van der Waals surface area contributed by atoms with Gasteiger partial charge < -0.3 is 35.0 Å². The summed E-state index contributed by atoms with van der Waals surface area (Å²) in [7, 11) is 3.53. The molecule has 5 rings (SSSR count). The van der Waals surface area contributed by atoms with Crippen LogP contribution in [0.5, 0.6) is 0 Å². The van der Waals surface area contributed by atoms with Gasteiger partial charge in [-0.3, -0.25) is 14.4 Å². The van der Waals surface area contributed by atoms with Crippen molar-refractivity contribution in [3.63, 3.8) is 0 Å². The van der Waals surface area contributed by atoms with Gasteiger partial charge in [0.15, 0.2) is 0 Å². The largest absolute Gasteiger partial charge is 0.380 e. The van der Waals surface area contributed by atoms with Crippen LogP contribution in [-0.2, 0) is 25.7 Å². The van der Waals surface area contributed by atoms with Crippen LogP contribution in [0.2, 0.25) is 0 Å². The van der Waals surface area contributed by atoms with Crippen LogP contribution in [0, 0.1) is 11.8 Å². The quantitative estimate of drug-likeness (QED) is 0.117. The normalized spacial score (nSPS) is 14.9.